The van der Waals surface area contributed by atoms with Crippen LogP contribution in [0.3, 0.4) is 0 Å². The van der Waals surface area contributed by atoms with Gasteiger partial charge in [-0.2, -0.15) is 0 Å². The van der Waals surface area contributed by atoms with Gasteiger partial charge in [0.1, 0.15) is 6.10 Å². The van der Waals surface area contributed by atoms with Crippen LogP contribution in [0.5, 0.6) is 0 Å². The zero-order chi connectivity index (χ0) is 23.8. The summed E-state index contributed by atoms with van der Waals surface area (Å²) in [5.74, 6) is -1.06. The lowest BCUT2D eigenvalue weighted by molar-refractivity contribution is -0.212. The van der Waals surface area contributed by atoms with Crippen LogP contribution < -0.4 is 0 Å². The molecule has 5 rings (SSSR count). The standard InChI is InChI=1S/C27H33BrO5/c1-15-17-13-19(33-23(30)16-5-7-18(28)8-6-16)21-25(2)10-4-11-26(3,24(31)32)20(25)9-12-27(21,14-17)22(15)29/h5-8,17,19-22,29H,1,4,9-14H2,2-3H3,(H,31,32)/t17-,19-,20-,21-,22+,25+,26+,27+/m0/s1. The third kappa shape index (κ3) is 3.19. The van der Waals surface area contributed by atoms with Crippen LogP contribution in [-0.2, 0) is 9.53 Å². The zero-order valence-electron chi connectivity index (χ0n) is 19.4. The van der Waals surface area contributed by atoms with Crippen molar-refractivity contribution in [2.45, 2.75) is 71.0 Å². The molecule has 6 heteroatoms. The summed E-state index contributed by atoms with van der Waals surface area (Å²) >= 11 is 3.40. The molecule has 0 radical (unpaired) electrons. The maximum atomic E-state index is 13.2. The van der Waals surface area contributed by atoms with Gasteiger partial charge < -0.3 is 14.9 Å². The number of esters is 1. The molecular weight excluding hydrogens is 484 g/mol. The second kappa shape index (κ2) is 7.67. The summed E-state index contributed by atoms with van der Waals surface area (Å²) in [4.78, 5) is 25.6. The van der Waals surface area contributed by atoms with Gasteiger partial charge in [0.05, 0.1) is 17.1 Å². The fraction of sp³-hybridized carbons (Fsp3) is 0.630. The van der Waals surface area contributed by atoms with E-state index in [4.69, 9.17) is 4.74 Å². The fourth-order valence-corrected chi connectivity index (χ4v) is 8.86. The molecule has 2 N–H and O–H groups in total. The number of carbonyl (C=O) groups is 2. The molecular formula is C27H33BrO5. The normalized spacial score (nSPS) is 44.0. The van der Waals surface area contributed by atoms with Crippen LogP contribution in [0.1, 0.15) is 69.2 Å². The Morgan fingerprint density at radius 2 is 1.85 bits per heavy atom. The van der Waals surface area contributed by atoms with Crippen molar-refractivity contribution in [1.82, 2.24) is 0 Å². The first-order valence-electron chi connectivity index (χ1n) is 12.1. The predicted octanol–water partition coefficient (Wildman–Crippen LogP) is 5.61. The first-order chi connectivity index (χ1) is 15.5. The summed E-state index contributed by atoms with van der Waals surface area (Å²) in [5, 5.41) is 21.6. The Morgan fingerprint density at radius 1 is 1.15 bits per heavy atom. The number of carboxylic acid groups (broad SMARTS) is 1. The molecule has 4 aliphatic carbocycles. The van der Waals surface area contributed by atoms with Gasteiger partial charge in [-0.05, 0) is 92.5 Å². The van der Waals surface area contributed by atoms with E-state index < -0.39 is 22.9 Å². The number of hydrogen-bond donors (Lipinski definition) is 2. The minimum atomic E-state index is -0.799. The number of aliphatic hydroxyl groups excluding tert-OH is 1. The van der Waals surface area contributed by atoms with Crippen LogP contribution in [-0.4, -0.2) is 34.4 Å². The zero-order valence-corrected chi connectivity index (χ0v) is 20.9. The van der Waals surface area contributed by atoms with Crippen molar-refractivity contribution in [3.63, 3.8) is 0 Å². The second-order valence-electron chi connectivity index (χ2n) is 11.4. The topological polar surface area (TPSA) is 83.8 Å². The molecule has 8 atom stereocenters. The predicted molar refractivity (Wildman–Crippen MR) is 128 cm³/mol. The van der Waals surface area contributed by atoms with Crippen molar-refractivity contribution < 1.29 is 24.5 Å². The van der Waals surface area contributed by atoms with E-state index in [0.717, 1.165) is 42.1 Å². The van der Waals surface area contributed by atoms with E-state index in [9.17, 15) is 19.8 Å². The molecule has 0 amide bonds. The molecule has 0 unspecified atom stereocenters. The summed E-state index contributed by atoms with van der Waals surface area (Å²) in [6.07, 6.45) is 4.44. The number of aliphatic hydroxyl groups is 1. The first-order valence-corrected chi connectivity index (χ1v) is 12.9. The van der Waals surface area contributed by atoms with E-state index in [2.05, 4.69) is 29.4 Å². The van der Waals surface area contributed by atoms with E-state index >= 15 is 0 Å². The lowest BCUT2D eigenvalue weighted by Gasteiger charge is -2.64. The Labute approximate surface area is 203 Å². The highest BCUT2D eigenvalue weighted by Gasteiger charge is 2.70. The highest BCUT2D eigenvalue weighted by Crippen LogP contribution is 2.72. The number of aliphatic carboxylic acids is 1. The molecule has 1 aromatic rings. The number of carbonyl (C=O) groups excluding carboxylic acids is 1. The van der Waals surface area contributed by atoms with Gasteiger partial charge in [-0.15, -0.1) is 0 Å². The van der Waals surface area contributed by atoms with Crippen molar-refractivity contribution in [1.29, 1.82) is 0 Å². The van der Waals surface area contributed by atoms with Gasteiger partial charge in [0, 0.05) is 15.8 Å². The average molecular weight is 517 g/mol. The number of ether oxygens (including phenoxy) is 1. The quantitative estimate of drug-likeness (QED) is 0.402. The van der Waals surface area contributed by atoms with Gasteiger partial charge in [-0.1, -0.05) is 35.9 Å². The minimum absolute atomic E-state index is 0.0154. The van der Waals surface area contributed by atoms with Crippen molar-refractivity contribution in [2.75, 3.05) is 0 Å². The molecule has 0 heterocycles. The van der Waals surface area contributed by atoms with E-state index in [0.29, 0.717) is 18.4 Å². The van der Waals surface area contributed by atoms with E-state index in [1.165, 1.54) is 0 Å². The number of fused-ring (bicyclic) bond motifs is 3. The SMILES string of the molecule is C=C1[C@H]2C[C@H](OC(=O)c3ccc(Br)cc3)[C@H]3[C@]4(C)CCC[C@@](C)(C(=O)O)[C@H]4CC[C@]3(C2)[C@@H]1O. The molecule has 178 valence electrons. The lowest BCUT2D eigenvalue weighted by atomic mass is 9.40. The van der Waals surface area contributed by atoms with Crippen LogP contribution in [0.2, 0.25) is 0 Å². The molecule has 5 nitrogen and oxygen atoms in total. The third-order valence-electron chi connectivity index (χ3n) is 9.97. The molecule has 4 saturated carbocycles. The van der Waals surface area contributed by atoms with E-state index in [1.807, 2.05) is 19.1 Å². The maximum Gasteiger partial charge on any atom is 0.338 e. The van der Waals surface area contributed by atoms with Crippen LogP contribution in [0.4, 0.5) is 0 Å². The summed E-state index contributed by atoms with van der Waals surface area (Å²) in [6, 6.07) is 7.15. The van der Waals surface area contributed by atoms with Crippen LogP contribution >= 0.6 is 15.9 Å². The highest BCUT2D eigenvalue weighted by atomic mass is 79.9. The van der Waals surface area contributed by atoms with E-state index in [1.54, 1.807) is 12.1 Å². The highest BCUT2D eigenvalue weighted by molar-refractivity contribution is 9.10. The molecule has 4 fully saturated rings. The third-order valence-corrected chi connectivity index (χ3v) is 10.5. The molecule has 1 aromatic carbocycles. The van der Waals surface area contributed by atoms with E-state index in [-0.39, 0.29) is 35.2 Å². The second-order valence-corrected chi connectivity index (χ2v) is 12.4. The van der Waals surface area contributed by atoms with Crippen molar-refractivity contribution in [2.24, 2.45) is 34.0 Å². The first kappa shape index (κ1) is 23.1. The Balaban J connectivity index is 1.56. The van der Waals surface area contributed by atoms with Gasteiger partial charge in [0.25, 0.3) is 0 Å². The van der Waals surface area contributed by atoms with Crippen LogP contribution in [0.15, 0.2) is 40.9 Å². The van der Waals surface area contributed by atoms with Crippen molar-refractivity contribution in [3.05, 3.63) is 46.5 Å². The number of rotatable bonds is 3. The molecule has 1 spiro atoms. The Bertz CT molecular complexity index is 1000. The molecule has 0 saturated heterocycles. The number of halogens is 1. The maximum absolute atomic E-state index is 13.2. The smallest absolute Gasteiger partial charge is 0.338 e. The van der Waals surface area contributed by atoms with Gasteiger partial charge in [-0.25, -0.2) is 4.79 Å². The average Bonchev–Trinajstić information content (AvgIpc) is 2.94. The van der Waals surface area contributed by atoms with Crippen molar-refractivity contribution >= 4 is 27.9 Å². The number of carboxylic acids is 1. The van der Waals surface area contributed by atoms with Gasteiger partial charge in [0.2, 0.25) is 0 Å². The summed E-state index contributed by atoms with van der Waals surface area (Å²) in [5.41, 5.74) is -0.161. The number of hydrogen-bond acceptors (Lipinski definition) is 4. The Kier molecular flexibility index (Phi) is 5.37. The lowest BCUT2D eigenvalue weighted by Crippen LogP contribution is -2.63. The number of benzene rings is 1. The largest absolute Gasteiger partial charge is 0.481 e. The summed E-state index contributed by atoms with van der Waals surface area (Å²) in [6.45, 7) is 8.34. The fourth-order valence-electron chi connectivity index (χ4n) is 8.60. The summed E-state index contributed by atoms with van der Waals surface area (Å²) < 4.78 is 7.14. The van der Waals surface area contributed by atoms with Gasteiger partial charge >= 0.3 is 11.9 Å². The monoisotopic (exact) mass is 516 g/mol. The Morgan fingerprint density at radius 3 is 2.52 bits per heavy atom. The van der Waals surface area contributed by atoms with Gasteiger partial charge in [-0.3, -0.25) is 4.79 Å². The summed E-state index contributed by atoms with van der Waals surface area (Å²) in [7, 11) is 0. The molecule has 2 bridgehead atoms. The molecule has 0 aliphatic heterocycles. The molecule has 4 aliphatic rings. The Hall–Kier alpha value is -1.66. The molecule has 33 heavy (non-hydrogen) atoms. The minimum Gasteiger partial charge on any atom is -0.481 e. The van der Waals surface area contributed by atoms with Crippen LogP contribution in [0, 0.1) is 34.0 Å². The van der Waals surface area contributed by atoms with Crippen molar-refractivity contribution in [3.8, 4) is 0 Å². The van der Waals surface area contributed by atoms with Gasteiger partial charge in [0.15, 0.2) is 0 Å². The van der Waals surface area contributed by atoms with Crippen LogP contribution in [0.25, 0.3) is 0 Å². The molecule has 0 aromatic heterocycles.